The summed E-state index contributed by atoms with van der Waals surface area (Å²) in [6.45, 7) is 2.49. The van der Waals surface area contributed by atoms with Crippen LogP contribution in [0.5, 0.6) is 0 Å². The predicted molar refractivity (Wildman–Crippen MR) is 98.4 cm³/mol. The summed E-state index contributed by atoms with van der Waals surface area (Å²) in [7, 11) is 1.54. The largest absolute Gasteiger partial charge is 0.450 e. The highest BCUT2D eigenvalue weighted by Gasteiger charge is 2.42. The summed E-state index contributed by atoms with van der Waals surface area (Å²) in [5, 5.41) is 0.433. The minimum absolute atomic E-state index is 0.0433. The molecule has 2 aromatic carbocycles. The van der Waals surface area contributed by atoms with Crippen LogP contribution in [0.4, 0.5) is 4.39 Å². The van der Waals surface area contributed by atoms with Crippen LogP contribution < -0.4 is 5.43 Å². The van der Waals surface area contributed by atoms with E-state index in [1.54, 1.807) is 31.4 Å². The number of hydrogen-bond acceptors (Lipinski definition) is 4. The van der Waals surface area contributed by atoms with E-state index in [1.165, 1.54) is 17.0 Å². The van der Waals surface area contributed by atoms with Crippen LogP contribution in [0, 0.1) is 12.7 Å². The Morgan fingerprint density at radius 3 is 2.59 bits per heavy atom. The third-order valence-electron chi connectivity index (χ3n) is 4.84. The molecule has 5 nitrogen and oxygen atoms in total. The molecular formula is C21H18FNO4. The maximum absolute atomic E-state index is 13.4. The molecule has 0 saturated carbocycles. The molecular weight excluding hydrogens is 349 g/mol. The SMILES string of the molecule is COCCN1C(=O)c2oc3ccc(C)cc3c(=O)c2C1c1ccc(F)cc1. The Morgan fingerprint density at radius 1 is 1.15 bits per heavy atom. The van der Waals surface area contributed by atoms with E-state index in [0.717, 1.165) is 5.56 Å². The number of amides is 1. The van der Waals surface area contributed by atoms with E-state index >= 15 is 0 Å². The number of ether oxygens (including phenoxy) is 1. The highest BCUT2D eigenvalue weighted by Crippen LogP contribution is 2.38. The first-order valence-electron chi connectivity index (χ1n) is 8.64. The minimum atomic E-state index is -0.635. The van der Waals surface area contributed by atoms with Gasteiger partial charge in [-0.1, -0.05) is 23.8 Å². The second-order valence-corrected chi connectivity index (χ2v) is 6.62. The van der Waals surface area contributed by atoms with Crippen molar-refractivity contribution < 1.29 is 18.3 Å². The van der Waals surface area contributed by atoms with Gasteiger partial charge in [-0.05, 0) is 36.8 Å². The smallest absolute Gasteiger partial charge is 0.290 e. The quantitative estimate of drug-likeness (QED) is 0.709. The first kappa shape index (κ1) is 17.4. The normalized spacial score (nSPS) is 16.2. The molecule has 2 heterocycles. The zero-order chi connectivity index (χ0) is 19.1. The highest BCUT2D eigenvalue weighted by molar-refractivity contribution is 5.99. The molecule has 1 atom stereocenters. The van der Waals surface area contributed by atoms with Crippen molar-refractivity contribution in [2.75, 3.05) is 20.3 Å². The molecule has 0 radical (unpaired) electrons. The first-order valence-corrected chi connectivity index (χ1v) is 8.64. The Kier molecular flexibility index (Phi) is 4.28. The number of nitrogens with zero attached hydrogens (tertiary/aromatic N) is 1. The van der Waals surface area contributed by atoms with Gasteiger partial charge in [-0.2, -0.15) is 0 Å². The number of rotatable bonds is 4. The number of hydrogen-bond donors (Lipinski definition) is 0. The Labute approximate surface area is 155 Å². The monoisotopic (exact) mass is 367 g/mol. The Bertz CT molecular complexity index is 1090. The molecule has 1 amide bonds. The number of benzene rings is 2. The van der Waals surface area contributed by atoms with Crippen LogP contribution in [0.2, 0.25) is 0 Å². The fourth-order valence-corrected chi connectivity index (χ4v) is 3.55. The lowest BCUT2D eigenvalue weighted by atomic mass is 9.98. The Hall–Kier alpha value is -2.99. The topological polar surface area (TPSA) is 59.8 Å². The number of fused-ring (bicyclic) bond motifs is 2. The van der Waals surface area contributed by atoms with E-state index in [-0.39, 0.29) is 29.5 Å². The van der Waals surface area contributed by atoms with Crippen LogP contribution in [-0.2, 0) is 4.74 Å². The van der Waals surface area contributed by atoms with Gasteiger partial charge < -0.3 is 14.1 Å². The number of carbonyl (C=O) groups is 1. The second-order valence-electron chi connectivity index (χ2n) is 6.62. The van der Waals surface area contributed by atoms with Gasteiger partial charge in [0.25, 0.3) is 5.91 Å². The van der Waals surface area contributed by atoms with Crippen molar-refractivity contribution in [1.29, 1.82) is 0 Å². The third-order valence-corrected chi connectivity index (χ3v) is 4.84. The maximum atomic E-state index is 13.4. The van der Waals surface area contributed by atoms with Crippen LogP contribution in [-0.4, -0.2) is 31.1 Å². The summed E-state index contributed by atoms with van der Waals surface area (Å²) < 4.78 is 24.3. The van der Waals surface area contributed by atoms with Gasteiger partial charge in [0, 0.05) is 13.7 Å². The molecule has 138 valence electrons. The predicted octanol–water partition coefficient (Wildman–Crippen LogP) is 3.43. The van der Waals surface area contributed by atoms with E-state index in [0.29, 0.717) is 28.7 Å². The van der Waals surface area contributed by atoms with Crippen LogP contribution in [0.1, 0.15) is 33.3 Å². The fraction of sp³-hybridized carbons (Fsp3) is 0.238. The van der Waals surface area contributed by atoms with E-state index in [9.17, 15) is 14.0 Å². The summed E-state index contributed by atoms with van der Waals surface area (Å²) in [4.78, 5) is 27.8. The van der Waals surface area contributed by atoms with Gasteiger partial charge in [0.1, 0.15) is 11.4 Å². The van der Waals surface area contributed by atoms with Crippen molar-refractivity contribution in [3.8, 4) is 0 Å². The maximum Gasteiger partial charge on any atom is 0.290 e. The van der Waals surface area contributed by atoms with Crippen molar-refractivity contribution in [2.24, 2.45) is 0 Å². The molecule has 0 spiro atoms. The Balaban J connectivity index is 1.97. The van der Waals surface area contributed by atoms with Crippen molar-refractivity contribution in [3.63, 3.8) is 0 Å². The third kappa shape index (κ3) is 2.82. The zero-order valence-electron chi connectivity index (χ0n) is 15.0. The lowest BCUT2D eigenvalue weighted by Crippen LogP contribution is -2.32. The molecule has 0 aliphatic carbocycles. The summed E-state index contributed by atoms with van der Waals surface area (Å²) in [6.07, 6.45) is 0. The molecule has 4 rings (SSSR count). The van der Waals surface area contributed by atoms with Gasteiger partial charge in [-0.3, -0.25) is 9.59 Å². The number of carbonyl (C=O) groups excluding carboxylic acids is 1. The number of halogens is 1. The molecule has 1 unspecified atom stereocenters. The summed E-state index contributed by atoms with van der Waals surface area (Å²) in [5.41, 5.74) is 2.01. The molecule has 1 aliphatic heterocycles. The number of methoxy groups -OCH3 is 1. The lowest BCUT2D eigenvalue weighted by molar-refractivity contribution is 0.0663. The minimum Gasteiger partial charge on any atom is -0.450 e. The van der Waals surface area contributed by atoms with Gasteiger partial charge in [0.15, 0.2) is 5.43 Å². The Morgan fingerprint density at radius 2 is 1.89 bits per heavy atom. The van der Waals surface area contributed by atoms with E-state index < -0.39 is 6.04 Å². The van der Waals surface area contributed by atoms with Crippen molar-refractivity contribution >= 4 is 16.9 Å². The highest BCUT2D eigenvalue weighted by atomic mass is 19.1. The summed E-state index contributed by atoms with van der Waals surface area (Å²) in [5.74, 6) is -0.703. The molecule has 3 aromatic rings. The van der Waals surface area contributed by atoms with Crippen LogP contribution in [0.15, 0.2) is 51.7 Å². The van der Waals surface area contributed by atoms with Crippen molar-refractivity contribution in [3.05, 3.63) is 81.0 Å². The van der Waals surface area contributed by atoms with Crippen molar-refractivity contribution in [2.45, 2.75) is 13.0 Å². The summed E-state index contributed by atoms with van der Waals surface area (Å²) >= 11 is 0. The molecule has 6 heteroatoms. The van der Waals surface area contributed by atoms with Gasteiger partial charge in [0.05, 0.1) is 23.6 Å². The lowest BCUT2D eigenvalue weighted by Gasteiger charge is -2.24. The zero-order valence-corrected chi connectivity index (χ0v) is 15.0. The molecule has 0 fully saturated rings. The van der Waals surface area contributed by atoms with Gasteiger partial charge in [-0.25, -0.2) is 4.39 Å². The molecule has 1 aliphatic rings. The first-order chi connectivity index (χ1) is 13.0. The van der Waals surface area contributed by atoms with E-state index in [4.69, 9.17) is 9.15 Å². The molecule has 0 bridgehead atoms. The van der Waals surface area contributed by atoms with Crippen molar-refractivity contribution in [1.82, 2.24) is 4.90 Å². The average molecular weight is 367 g/mol. The molecule has 0 saturated heterocycles. The average Bonchev–Trinajstić information content (AvgIpc) is 2.94. The van der Waals surface area contributed by atoms with Gasteiger partial charge in [-0.15, -0.1) is 0 Å². The van der Waals surface area contributed by atoms with E-state index in [1.807, 2.05) is 13.0 Å². The van der Waals surface area contributed by atoms with Crippen LogP contribution >= 0.6 is 0 Å². The fourth-order valence-electron chi connectivity index (χ4n) is 3.55. The molecule has 27 heavy (non-hydrogen) atoms. The summed E-state index contributed by atoms with van der Waals surface area (Å²) in [6, 6.07) is 10.5. The van der Waals surface area contributed by atoms with Gasteiger partial charge >= 0.3 is 0 Å². The molecule has 0 N–H and O–H groups in total. The van der Waals surface area contributed by atoms with Crippen LogP contribution in [0.3, 0.4) is 0 Å². The second kappa shape index (κ2) is 6.63. The standard InChI is InChI=1S/C21H18FNO4/c1-12-3-8-16-15(11-12)19(24)17-18(13-4-6-14(22)7-5-13)23(9-10-26-2)21(25)20(17)27-16/h3-8,11,18H,9-10H2,1-2H3. The molecule has 1 aromatic heterocycles. The number of aryl methyl sites for hydroxylation is 1. The van der Waals surface area contributed by atoms with Gasteiger partial charge in [0.2, 0.25) is 5.76 Å². The van der Waals surface area contributed by atoms with Crippen LogP contribution in [0.25, 0.3) is 11.0 Å². The van der Waals surface area contributed by atoms with E-state index in [2.05, 4.69) is 0 Å².